The summed E-state index contributed by atoms with van der Waals surface area (Å²) in [6.45, 7) is 0. The lowest BCUT2D eigenvalue weighted by Crippen LogP contribution is -2.25. The van der Waals surface area contributed by atoms with Gasteiger partial charge in [0.2, 0.25) is 5.13 Å². The van der Waals surface area contributed by atoms with Crippen molar-refractivity contribution in [3.05, 3.63) is 92.0 Å². The van der Waals surface area contributed by atoms with Crippen LogP contribution in [0.15, 0.2) is 65.8 Å². The maximum atomic E-state index is 13.5. The number of non-ortho nitro benzene ring substituents is 2. The molecule has 13 heteroatoms. The molecule has 36 heavy (non-hydrogen) atoms. The van der Waals surface area contributed by atoms with E-state index in [4.69, 9.17) is 9.47 Å². The minimum absolute atomic E-state index is 0.155. The number of nitro groups is 2. The highest BCUT2D eigenvalue weighted by molar-refractivity contribution is 7.22. The Morgan fingerprint density at radius 3 is 2.14 bits per heavy atom. The zero-order valence-electron chi connectivity index (χ0n) is 18.9. The second-order valence-electron chi connectivity index (χ2n) is 7.22. The van der Waals surface area contributed by atoms with Crippen LogP contribution in [-0.4, -0.2) is 41.2 Å². The van der Waals surface area contributed by atoms with E-state index in [-0.39, 0.29) is 10.7 Å². The number of nitro benzene ring substituents is 2. The number of rotatable bonds is 8. The minimum Gasteiger partial charge on any atom is -0.497 e. The molecule has 0 aliphatic heterocycles. The lowest BCUT2D eigenvalue weighted by Gasteiger charge is -2.14. The van der Waals surface area contributed by atoms with Gasteiger partial charge in [-0.3, -0.25) is 25.0 Å². The normalized spacial score (nSPS) is 10.9. The van der Waals surface area contributed by atoms with Gasteiger partial charge in [-0.1, -0.05) is 11.3 Å². The molecular weight excluding hydrogens is 490 g/mol. The zero-order valence-corrected chi connectivity index (χ0v) is 19.7. The molecule has 182 valence electrons. The third kappa shape index (κ3) is 5.10. The van der Waals surface area contributed by atoms with Gasteiger partial charge in [-0.05, 0) is 48.0 Å². The maximum absolute atomic E-state index is 13.5. The second-order valence-corrected chi connectivity index (χ2v) is 8.23. The Hall–Kier alpha value is -4.91. The van der Waals surface area contributed by atoms with Gasteiger partial charge in [0.05, 0.1) is 52.1 Å². The third-order valence-corrected chi connectivity index (χ3v) is 5.96. The van der Waals surface area contributed by atoms with Gasteiger partial charge in [0.1, 0.15) is 11.5 Å². The average molecular weight is 507 g/mol. The molecular formula is C23H17N5O7S. The van der Waals surface area contributed by atoms with Crippen molar-refractivity contribution in [2.24, 2.45) is 5.10 Å². The van der Waals surface area contributed by atoms with E-state index in [1.807, 2.05) is 0 Å². The molecule has 12 nitrogen and oxygen atoms in total. The molecule has 0 unspecified atom stereocenters. The number of anilines is 1. The summed E-state index contributed by atoms with van der Waals surface area (Å²) >= 11 is 1.13. The predicted octanol–water partition coefficient (Wildman–Crippen LogP) is 4.81. The number of benzene rings is 3. The van der Waals surface area contributed by atoms with Gasteiger partial charge in [0, 0.05) is 12.1 Å². The second kappa shape index (κ2) is 10.1. The third-order valence-electron chi connectivity index (χ3n) is 4.97. The highest BCUT2D eigenvalue weighted by atomic mass is 32.1. The van der Waals surface area contributed by atoms with Crippen LogP contribution < -0.4 is 14.5 Å². The van der Waals surface area contributed by atoms with Crippen LogP contribution >= 0.6 is 11.3 Å². The Morgan fingerprint density at radius 1 is 0.944 bits per heavy atom. The highest BCUT2D eigenvalue weighted by Gasteiger charge is 2.26. The molecule has 4 rings (SSSR count). The molecule has 0 spiro atoms. The van der Waals surface area contributed by atoms with Crippen molar-refractivity contribution >= 4 is 50.2 Å². The summed E-state index contributed by atoms with van der Waals surface area (Å²) in [5.41, 5.74) is -0.291. The predicted molar refractivity (Wildman–Crippen MR) is 133 cm³/mol. The molecule has 4 aromatic rings. The van der Waals surface area contributed by atoms with Crippen molar-refractivity contribution in [3.8, 4) is 11.5 Å². The first-order valence-corrected chi connectivity index (χ1v) is 11.0. The van der Waals surface area contributed by atoms with E-state index in [0.717, 1.165) is 34.5 Å². The quantitative estimate of drug-likeness (QED) is 0.187. The highest BCUT2D eigenvalue weighted by Crippen LogP contribution is 2.33. The number of hydrogen-bond acceptors (Lipinski definition) is 10. The molecule has 0 fully saturated rings. The first kappa shape index (κ1) is 24.2. The van der Waals surface area contributed by atoms with E-state index in [0.29, 0.717) is 27.3 Å². The number of carbonyl (C=O) groups is 1. The van der Waals surface area contributed by atoms with E-state index in [1.54, 1.807) is 42.5 Å². The van der Waals surface area contributed by atoms with Gasteiger partial charge in [-0.2, -0.15) is 10.1 Å². The number of hydrogen-bond donors (Lipinski definition) is 0. The number of ether oxygens (including phenoxy) is 2. The number of methoxy groups -OCH3 is 2. The Morgan fingerprint density at radius 2 is 1.56 bits per heavy atom. The molecule has 1 aromatic heterocycles. The minimum atomic E-state index is -0.836. The van der Waals surface area contributed by atoms with Crippen molar-refractivity contribution in [2.45, 2.75) is 0 Å². The average Bonchev–Trinajstić information content (AvgIpc) is 3.31. The van der Waals surface area contributed by atoms with Gasteiger partial charge in [-0.15, -0.1) is 0 Å². The largest absolute Gasteiger partial charge is 0.497 e. The topological polar surface area (TPSA) is 150 Å². The van der Waals surface area contributed by atoms with Crippen LogP contribution in [0.1, 0.15) is 15.9 Å². The van der Waals surface area contributed by atoms with Crippen molar-refractivity contribution in [1.82, 2.24) is 4.98 Å². The fourth-order valence-electron chi connectivity index (χ4n) is 3.17. The smallest absolute Gasteiger partial charge is 0.281 e. The van der Waals surface area contributed by atoms with Crippen LogP contribution in [0.2, 0.25) is 0 Å². The number of amides is 1. The van der Waals surface area contributed by atoms with Gasteiger partial charge in [0.15, 0.2) is 0 Å². The van der Waals surface area contributed by atoms with Gasteiger partial charge in [0.25, 0.3) is 17.3 Å². The first-order chi connectivity index (χ1) is 17.3. The number of nitrogens with zero attached hydrogens (tertiary/aromatic N) is 5. The van der Waals surface area contributed by atoms with Crippen LogP contribution in [0.25, 0.3) is 10.2 Å². The number of hydrazone groups is 1. The molecule has 0 radical (unpaired) electrons. The van der Waals surface area contributed by atoms with Crippen molar-refractivity contribution in [1.29, 1.82) is 0 Å². The fourth-order valence-corrected chi connectivity index (χ4v) is 4.12. The van der Waals surface area contributed by atoms with E-state index < -0.39 is 27.1 Å². The molecule has 0 atom stereocenters. The molecule has 1 amide bonds. The molecule has 0 N–H and O–H groups in total. The van der Waals surface area contributed by atoms with Crippen LogP contribution in [0.3, 0.4) is 0 Å². The number of fused-ring (bicyclic) bond motifs is 1. The number of carbonyl (C=O) groups excluding carboxylic acids is 1. The Balaban J connectivity index is 1.81. The van der Waals surface area contributed by atoms with E-state index in [2.05, 4.69) is 10.1 Å². The standard InChI is InChI=1S/C23H17N5O7S/c1-34-18-5-3-14(4-6-18)13-24-26(23-25-20-8-7-19(35-2)12-21(20)36-23)22(29)15-9-16(27(30)31)11-17(10-15)28(32)33/h3-13H,1-2H3/b24-13+. The number of thiazole rings is 1. The molecule has 0 bridgehead atoms. The lowest BCUT2D eigenvalue weighted by molar-refractivity contribution is -0.394. The summed E-state index contributed by atoms with van der Waals surface area (Å²) in [4.78, 5) is 39.0. The first-order valence-electron chi connectivity index (χ1n) is 10.2. The van der Waals surface area contributed by atoms with Gasteiger partial charge >= 0.3 is 0 Å². The molecule has 0 saturated carbocycles. The SMILES string of the molecule is COc1ccc(/C=N/N(C(=O)c2cc([N+](=O)[O-])cc([N+](=O)[O-])c2)c2nc3ccc(OC)cc3s2)cc1. The molecule has 0 aliphatic rings. The summed E-state index contributed by atoms with van der Waals surface area (Å²) in [7, 11) is 3.05. The number of aromatic nitrogens is 1. The van der Waals surface area contributed by atoms with E-state index in [1.165, 1.54) is 20.4 Å². The van der Waals surface area contributed by atoms with Crippen LogP contribution in [-0.2, 0) is 0 Å². The van der Waals surface area contributed by atoms with Crippen molar-refractivity contribution in [2.75, 3.05) is 19.2 Å². The Bertz CT molecular complexity index is 1470. The molecule has 1 heterocycles. The van der Waals surface area contributed by atoms with Crippen LogP contribution in [0.5, 0.6) is 11.5 Å². The van der Waals surface area contributed by atoms with Crippen LogP contribution in [0.4, 0.5) is 16.5 Å². The Kier molecular flexibility index (Phi) is 6.83. The summed E-state index contributed by atoms with van der Waals surface area (Å²) in [6.07, 6.45) is 1.40. The van der Waals surface area contributed by atoms with Gasteiger partial charge in [-0.25, -0.2) is 4.98 Å². The molecule has 3 aromatic carbocycles. The van der Waals surface area contributed by atoms with E-state index >= 15 is 0 Å². The summed E-state index contributed by atoms with van der Waals surface area (Å²) in [5.74, 6) is 0.383. The lowest BCUT2D eigenvalue weighted by atomic mass is 10.1. The van der Waals surface area contributed by atoms with Crippen molar-refractivity contribution in [3.63, 3.8) is 0 Å². The molecule has 0 saturated heterocycles. The van der Waals surface area contributed by atoms with Crippen molar-refractivity contribution < 1.29 is 24.1 Å². The monoisotopic (exact) mass is 507 g/mol. The van der Waals surface area contributed by atoms with E-state index in [9.17, 15) is 25.0 Å². The van der Waals surface area contributed by atoms with Gasteiger partial charge < -0.3 is 9.47 Å². The molecule has 0 aliphatic carbocycles. The van der Waals surface area contributed by atoms with Crippen LogP contribution in [0, 0.1) is 20.2 Å². The fraction of sp³-hybridized carbons (Fsp3) is 0.0870. The summed E-state index contributed by atoms with van der Waals surface area (Å²) in [5, 5.41) is 28.0. The summed E-state index contributed by atoms with van der Waals surface area (Å²) < 4.78 is 11.1. The zero-order chi connectivity index (χ0) is 25.8. The maximum Gasteiger partial charge on any atom is 0.281 e. The summed E-state index contributed by atoms with van der Waals surface area (Å²) in [6, 6.07) is 14.7. The Labute approximate surface area is 207 Å².